The van der Waals surface area contributed by atoms with Gasteiger partial charge in [-0.2, -0.15) is 13.2 Å². The number of alkyl halides is 3. The Morgan fingerprint density at radius 1 is 1.14 bits per heavy atom. The van der Waals surface area contributed by atoms with Crippen LogP contribution in [0.25, 0.3) is 0 Å². The molecule has 1 heterocycles. The largest absolute Gasteiger partial charge is 0.416 e. The van der Waals surface area contributed by atoms with Gasteiger partial charge in [-0.15, -0.1) is 0 Å². The zero-order valence-corrected chi connectivity index (χ0v) is 12.4. The van der Waals surface area contributed by atoms with E-state index in [0.717, 1.165) is 17.7 Å². The highest BCUT2D eigenvalue weighted by Crippen LogP contribution is 2.33. The Morgan fingerprint density at radius 2 is 1.81 bits per heavy atom. The van der Waals surface area contributed by atoms with Gasteiger partial charge in [0.25, 0.3) is 0 Å². The number of nitrogens with one attached hydrogen (secondary N) is 1. The highest BCUT2D eigenvalue weighted by molar-refractivity contribution is 6.31. The number of benzene rings is 1. The lowest BCUT2D eigenvalue weighted by molar-refractivity contribution is -0.137. The Kier molecular flexibility index (Phi) is 4.64. The van der Waals surface area contributed by atoms with Crippen LogP contribution in [-0.4, -0.2) is 4.98 Å². The Bertz CT molecular complexity index is 644. The van der Waals surface area contributed by atoms with Gasteiger partial charge >= 0.3 is 6.18 Å². The van der Waals surface area contributed by atoms with Crippen molar-refractivity contribution in [2.24, 2.45) is 0 Å². The third-order valence-electron chi connectivity index (χ3n) is 2.86. The Hall–Kier alpha value is -1.46. The van der Waals surface area contributed by atoms with Crippen LogP contribution in [0, 0.1) is 0 Å². The van der Waals surface area contributed by atoms with Crippen molar-refractivity contribution >= 4 is 29.0 Å². The summed E-state index contributed by atoms with van der Waals surface area (Å²) in [4.78, 5) is 3.85. The van der Waals surface area contributed by atoms with Crippen molar-refractivity contribution in [1.82, 2.24) is 4.98 Å². The maximum atomic E-state index is 12.7. The van der Waals surface area contributed by atoms with E-state index in [1.54, 1.807) is 31.2 Å². The normalized spacial score (nSPS) is 13.0. The summed E-state index contributed by atoms with van der Waals surface area (Å²) in [7, 11) is 0. The number of hydrogen-bond acceptors (Lipinski definition) is 2. The van der Waals surface area contributed by atoms with Crippen LogP contribution in [0.15, 0.2) is 36.4 Å². The molecule has 1 aromatic carbocycles. The number of aromatic nitrogens is 1. The van der Waals surface area contributed by atoms with Crippen LogP contribution < -0.4 is 5.32 Å². The van der Waals surface area contributed by atoms with Gasteiger partial charge in [-0.05, 0) is 30.7 Å². The molecule has 0 aliphatic heterocycles. The predicted octanol–water partition coefficient (Wildman–Crippen LogP) is 5.58. The molecule has 1 N–H and O–H groups in total. The average Bonchev–Trinajstić information content (AvgIpc) is 2.37. The molecule has 0 spiro atoms. The molecule has 7 heteroatoms. The van der Waals surface area contributed by atoms with Crippen LogP contribution in [0.4, 0.5) is 19.0 Å². The van der Waals surface area contributed by atoms with Crippen molar-refractivity contribution in [2.75, 3.05) is 5.32 Å². The minimum absolute atomic E-state index is 0.0437. The minimum Gasteiger partial charge on any atom is -0.363 e. The van der Waals surface area contributed by atoms with E-state index < -0.39 is 11.7 Å². The Balaban J connectivity index is 2.28. The summed E-state index contributed by atoms with van der Waals surface area (Å²) < 4.78 is 38.2. The molecular formula is C14H11Cl2F3N2. The number of pyridine rings is 1. The summed E-state index contributed by atoms with van der Waals surface area (Å²) in [6.45, 7) is 1.77. The smallest absolute Gasteiger partial charge is 0.363 e. The molecule has 1 atom stereocenters. The monoisotopic (exact) mass is 334 g/mol. The average molecular weight is 335 g/mol. The van der Waals surface area contributed by atoms with Crippen molar-refractivity contribution in [3.05, 3.63) is 57.7 Å². The van der Waals surface area contributed by atoms with Crippen LogP contribution >= 0.6 is 23.2 Å². The zero-order chi connectivity index (χ0) is 15.6. The summed E-state index contributed by atoms with van der Waals surface area (Å²) in [5.74, 6) is 0.0437. The van der Waals surface area contributed by atoms with Crippen LogP contribution in [0.1, 0.15) is 24.1 Å². The van der Waals surface area contributed by atoms with Crippen molar-refractivity contribution in [3.8, 4) is 0 Å². The summed E-state index contributed by atoms with van der Waals surface area (Å²) in [6, 6.07) is 8.46. The van der Waals surface area contributed by atoms with Gasteiger partial charge < -0.3 is 5.32 Å². The second-order valence-electron chi connectivity index (χ2n) is 4.45. The second kappa shape index (κ2) is 6.12. The van der Waals surface area contributed by atoms with E-state index in [-0.39, 0.29) is 17.0 Å². The van der Waals surface area contributed by atoms with E-state index >= 15 is 0 Å². The first-order valence-corrected chi connectivity index (χ1v) is 6.78. The number of hydrogen-bond donors (Lipinski definition) is 1. The van der Waals surface area contributed by atoms with Crippen molar-refractivity contribution in [2.45, 2.75) is 19.1 Å². The van der Waals surface area contributed by atoms with Crippen molar-refractivity contribution < 1.29 is 13.2 Å². The molecule has 2 rings (SSSR count). The molecule has 0 bridgehead atoms. The molecule has 0 saturated carbocycles. The molecule has 0 radical (unpaired) electrons. The number of halogens is 5. The lowest BCUT2D eigenvalue weighted by Gasteiger charge is -2.17. The highest BCUT2D eigenvalue weighted by Gasteiger charge is 2.31. The molecule has 0 amide bonds. The molecule has 1 aromatic heterocycles. The van der Waals surface area contributed by atoms with Gasteiger partial charge in [0, 0.05) is 5.02 Å². The fraction of sp³-hybridized carbons (Fsp3) is 0.214. The summed E-state index contributed by atoms with van der Waals surface area (Å²) >= 11 is 11.7. The number of rotatable bonds is 3. The number of anilines is 1. The topological polar surface area (TPSA) is 24.9 Å². The van der Waals surface area contributed by atoms with Gasteiger partial charge in [0.2, 0.25) is 0 Å². The summed E-state index contributed by atoms with van der Waals surface area (Å²) in [5, 5.41) is 3.17. The van der Waals surface area contributed by atoms with Gasteiger partial charge in [0.15, 0.2) is 0 Å². The first-order chi connectivity index (χ1) is 9.77. The zero-order valence-electron chi connectivity index (χ0n) is 10.9. The van der Waals surface area contributed by atoms with E-state index in [0.29, 0.717) is 5.02 Å². The first-order valence-electron chi connectivity index (χ1n) is 6.03. The SMILES string of the molecule is CC(Nc1cc(C(F)(F)F)cc(Cl)n1)c1ccccc1Cl. The molecule has 112 valence electrons. The molecule has 1 unspecified atom stereocenters. The fourth-order valence-corrected chi connectivity index (χ4v) is 2.37. The lowest BCUT2D eigenvalue weighted by Crippen LogP contribution is -2.11. The molecule has 0 saturated heterocycles. The highest BCUT2D eigenvalue weighted by atomic mass is 35.5. The predicted molar refractivity (Wildman–Crippen MR) is 77.7 cm³/mol. The standard InChI is InChI=1S/C14H11Cl2F3N2/c1-8(10-4-2-3-5-11(10)15)20-13-7-9(14(17,18)19)6-12(16)21-13/h2-8H,1H3,(H,20,21). The maximum absolute atomic E-state index is 12.7. The van der Waals surface area contributed by atoms with Gasteiger partial charge in [-0.25, -0.2) is 4.98 Å². The van der Waals surface area contributed by atoms with Gasteiger partial charge in [-0.1, -0.05) is 41.4 Å². The fourth-order valence-electron chi connectivity index (χ4n) is 1.86. The first kappa shape index (κ1) is 15.9. The molecule has 21 heavy (non-hydrogen) atoms. The summed E-state index contributed by atoms with van der Waals surface area (Å²) in [6.07, 6.45) is -4.48. The molecular weight excluding hydrogens is 324 g/mol. The molecule has 2 nitrogen and oxygen atoms in total. The van der Waals surface area contributed by atoms with E-state index in [2.05, 4.69) is 10.3 Å². The molecule has 0 aliphatic carbocycles. The van der Waals surface area contributed by atoms with Gasteiger partial charge in [0.1, 0.15) is 11.0 Å². The molecule has 2 aromatic rings. The summed E-state index contributed by atoms with van der Waals surface area (Å²) in [5.41, 5.74) is -0.0918. The van der Waals surface area contributed by atoms with Crippen LogP contribution in [0.2, 0.25) is 10.2 Å². The Morgan fingerprint density at radius 3 is 2.43 bits per heavy atom. The van der Waals surface area contributed by atoms with Crippen LogP contribution in [0.3, 0.4) is 0 Å². The van der Waals surface area contributed by atoms with Gasteiger partial charge in [0.05, 0.1) is 11.6 Å². The minimum atomic E-state index is -4.48. The molecule has 0 fully saturated rings. The van der Waals surface area contributed by atoms with E-state index in [4.69, 9.17) is 23.2 Å². The maximum Gasteiger partial charge on any atom is 0.416 e. The van der Waals surface area contributed by atoms with Crippen molar-refractivity contribution in [1.29, 1.82) is 0 Å². The van der Waals surface area contributed by atoms with Crippen LogP contribution in [0.5, 0.6) is 0 Å². The van der Waals surface area contributed by atoms with E-state index in [1.807, 2.05) is 0 Å². The van der Waals surface area contributed by atoms with Gasteiger partial charge in [-0.3, -0.25) is 0 Å². The van der Waals surface area contributed by atoms with E-state index in [1.165, 1.54) is 0 Å². The van der Waals surface area contributed by atoms with E-state index in [9.17, 15) is 13.2 Å². The third kappa shape index (κ3) is 4.02. The Labute approximate surface area is 129 Å². The molecule has 0 aliphatic rings. The lowest BCUT2D eigenvalue weighted by atomic mass is 10.1. The third-order valence-corrected chi connectivity index (χ3v) is 3.40. The van der Waals surface area contributed by atoms with Crippen molar-refractivity contribution in [3.63, 3.8) is 0 Å². The second-order valence-corrected chi connectivity index (χ2v) is 5.24. The quantitative estimate of drug-likeness (QED) is 0.741. The van der Waals surface area contributed by atoms with Crippen LogP contribution in [-0.2, 0) is 6.18 Å². The number of nitrogens with zero attached hydrogens (tertiary/aromatic N) is 1.